The summed E-state index contributed by atoms with van der Waals surface area (Å²) in [5.41, 5.74) is 8.58. The number of esters is 2. The standard InChI is InChI=1S/C11H17N3O6/c1-6(15)18-5-9-11(19-7(2)16)8(13-14-12)4-10(17-3)20-9/h8-11H,4-5H2,1-3H3/t8-,9+,10+,11-/m0/s1. The molecule has 1 aliphatic rings. The van der Waals surface area contributed by atoms with Crippen molar-refractivity contribution in [2.45, 2.75) is 44.8 Å². The minimum atomic E-state index is -0.825. The van der Waals surface area contributed by atoms with Gasteiger partial charge < -0.3 is 18.9 Å². The maximum atomic E-state index is 11.1. The first kappa shape index (κ1) is 16.2. The third-order valence-corrected chi connectivity index (χ3v) is 2.72. The number of hydrogen-bond donors (Lipinski definition) is 0. The highest BCUT2D eigenvalue weighted by Gasteiger charge is 2.41. The SMILES string of the molecule is CO[C@H]1C[C@H](N=[N+]=[N-])[C@H](OC(C)=O)[C@@H](COC(C)=O)O1. The van der Waals surface area contributed by atoms with E-state index in [-0.39, 0.29) is 13.0 Å². The highest BCUT2D eigenvalue weighted by Crippen LogP contribution is 2.26. The van der Waals surface area contributed by atoms with Crippen molar-refractivity contribution in [1.82, 2.24) is 0 Å². The predicted molar refractivity (Wildman–Crippen MR) is 65.4 cm³/mol. The molecule has 0 aliphatic carbocycles. The van der Waals surface area contributed by atoms with E-state index in [1.807, 2.05) is 0 Å². The lowest BCUT2D eigenvalue weighted by atomic mass is 9.99. The molecule has 0 unspecified atom stereocenters. The average Bonchev–Trinajstić information content (AvgIpc) is 2.38. The summed E-state index contributed by atoms with van der Waals surface area (Å²) in [5, 5.41) is 3.60. The normalized spacial score (nSPS) is 29.1. The smallest absolute Gasteiger partial charge is 0.303 e. The van der Waals surface area contributed by atoms with Gasteiger partial charge in [-0.2, -0.15) is 0 Å². The summed E-state index contributed by atoms with van der Waals surface area (Å²) < 4.78 is 20.6. The van der Waals surface area contributed by atoms with Crippen molar-refractivity contribution < 1.29 is 28.5 Å². The lowest BCUT2D eigenvalue weighted by Crippen LogP contribution is -2.52. The molecule has 0 saturated carbocycles. The Morgan fingerprint density at radius 1 is 1.40 bits per heavy atom. The Labute approximate surface area is 115 Å². The van der Waals surface area contributed by atoms with E-state index in [2.05, 4.69) is 10.0 Å². The third-order valence-electron chi connectivity index (χ3n) is 2.72. The second kappa shape index (κ2) is 7.68. The van der Waals surface area contributed by atoms with Crippen LogP contribution in [0.3, 0.4) is 0 Å². The molecule has 20 heavy (non-hydrogen) atoms. The Morgan fingerprint density at radius 3 is 2.60 bits per heavy atom. The minimum absolute atomic E-state index is 0.120. The molecule has 9 heteroatoms. The van der Waals surface area contributed by atoms with Crippen molar-refractivity contribution in [1.29, 1.82) is 0 Å². The first-order valence-corrected chi connectivity index (χ1v) is 6.01. The fourth-order valence-corrected chi connectivity index (χ4v) is 1.92. The van der Waals surface area contributed by atoms with Gasteiger partial charge in [0.2, 0.25) is 0 Å². The van der Waals surface area contributed by atoms with Gasteiger partial charge in [-0.1, -0.05) is 5.11 Å². The molecule has 0 N–H and O–H groups in total. The maximum Gasteiger partial charge on any atom is 0.303 e. The van der Waals surface area contributed by atoms with Gasteiger partial charge >= 0.3 is 11.9 Å². The molecule has 1 saturated heterocycles. The van der Waals surface area contributed by atoms with Gasteiger partial charge in [0.05, 0.1) is 6.04 Å². The van der Waals surface area contributed by atoms with Crippen molar-refractivity contribution in [3.8, 4) is 0 Å². The van der Waals surface area contributed by atoms with Gasteiger partial charge in [0, 0.05) is 32.3 Å². The van der Waals surface area contributed by atoms with Crippen LogP contribution in [0.25, 0.3) is 10.4 Å². The van der Waals surface area contributed by atoms with Crippen molar-refractivity contribution in [2.75, 3.05) is 13.7 Å². The predicted octanol–water partition coefficient (Wildman–Crippen LogP) is 0.921. The molecule has 4 atom stereocenters. The monoisotopic (exact) mass is 287 g/mol. The fraction of sp³-hybridized carbons (Fsp3) is 0.818. The zero-order chi connectivity index (χ0) is 15.1. The molecular weight excluding hydrogens is 270 g/mol. The van der Waals surface area contributed by atoms with E-state index in [0.29, 0.717) is 0 Å². The van der Waals surface area contributed by atoms with Crippen molar-refractivity contribution in [3.63, 3.8) is 0 Å². The van der Waals surface area contributed by atoms with Crippen LogP contribution in [0.5, 0.6) is 0 Å². The van der Waals surface area contributed by atoms with E-state index in [1.165, 1.54) is 21.0 Å². The zero-order valence-corrected chi connectivity index (χ0v) is 11.5. The molecule has 0 amide bonds. The molecule has 0 bridgehead atoms. The third kappa shape index (κ3) is 4.69. The van der Waals surface area contributed by atoms with E-state index in [9.17, 15) is 9.59 Å². The molecule has 112 valence electrons. The molecule has 1 fully saturated rings. The lowest BCUT2D eigenvalue weighted by molar-refractivity contribution is -0.234. The van der Waals surface area contributed by atoms with Crippen molar-refractivity contribution >= 4 is 11.9 Å². The summed E-state index contributed by atoms with van der Waals surface area (Å²) in [6, 6.07) is -0.650. The molecule has 1 heterocycles. The Kier molecular flexibility index (Phi) is 6.23. The molecule has 1 aliphatic heterocycles. The highest BCUT2D eigenvalue weighted by atomic mass is 16.7. The van der Waals surface area contributed by atoms with Gasteiger partial charge in [-0.3, -0.25) is 9.59 Å². The first-order valence-electron chi connectivity index (χ1n) is 6.01. The van der Waals surface area contributed by atoms with Crippen molar-refractivity contribution in [2.24, 2.45) is 5.11 Å². The van der Waals surface area contributed by atoms with Gasteiger partial charge in [-0.05, 0) is 5.53 Å². The summed E-state index contributed by atoms with van der Waals surface area (Å²) in [6.45, 7) is 2.37. The van der Waals surface area contributed by atoms with E-state index in [1.54, 1.807) is 0 Å². The quantitative estimate of drug-likeness (QED) is 0.321. The molecule has 9 nitrogen and oxygen atoms in total. The molecule has 0 aromatic heterocycles. The van der Waals surface area contributed by atoms with Crippen LogP contribution < -0.4 is 0 Å². The molecule has 0 radical (unpaired) electrons. The minimum Gasteiger partial charge on any atom is -0.463 e. The van der Waals surface area contributed by atoms with Gasteiger partial charge in [-0.15, -0.1) is 0 Å². The largest absolute Gasteiger partial charge is 0.463 e. The Morgan fingerprint density at radius 2 is 2.10 bits per heavy atom. The molecular formula is C11H17N3O6. The van der Waals surface area contributed by atoms with E-state index >= 15 is 0 Å². The summed E-state index contributed by atoms with van der Waals surface area (Å²) >= 11 is 0. The maximum absolute atomic E-state index is 11.1. The number of rotatable bonds is 5. The number of carbonyl (C=O) groups excluding carboxylic acids is 2. The van der Waals surface area contributed by atoms with Crippen LogP contribution in [0.1, 0.15) is 20.3 Å². The Bertz CT molecular complexity index is 409. The number of ether oxygens (including phenoxy) is 4. The molecule has 1 rings (SSSR count). The second-order valence-electron chi connectivity index (χ2n) is 4.22. The van der Waals surface area contributed by atoms with Crippen LogP contribution in [0.15, 0.2) is 5.11 Å². The van der Waals surface area contributed by atoms with Crippen LogP contribution in [0.2, 0.25) is 0 Å². The lowest BCUT2D eigenvalue weighted by Gasteiger charge is -2.38. The van der Waals surface area contributed by atoms with Crippen molar-refractivity contribution in [3.05, 3.63) is 10.4 Å². The molecule has 0 spiro atoms. The zero-order valence-electron chi connectivity index (χ0n) is 11.5. The Hall–Kier alpha value is -1.83. The van der Waals surface area contributed by atoms with E-state index in [4.69, 9.17) is 24.5 Å². The number of azide groups is 1. The van der Waals surface area contributed by atoms with Crippen LogP contribution in [0, 0.1) is 0 Å². The van der Waals surface area contributed by atoms with Gasteiger partial charge in [0.15, 0.2) is 6.29 Å². The number of nitrogens with zero attached hydrogens (tertiary/aromatic N) is 3. The van der Waals surface area contributed by atoms with Gasteiger partial charge in [0.25, 0.3) is 0 Å². The Balaban J connectivity index is 2.88. The second-order valence-corrected chi connectivity index (χ2v) is 4.22. The molecule has 0 aromatic carbocycles. The number of hydrogen-bond acceptors (Lipinski definition) is 7. The summed E-state index contributed by atoms with van der Waals surface area (Å²) in [6.07, 6.45) is -1.96. The van der Waals surface area contributed by atoms with Gasteiger partial charge in [0.1, 0.15) is 18.8 Å². The van der Waals surface area contributed by atoms with E-state index in [0.717, 1.165) is 0 Å². The summed E-state index contributed by atoms with van der Waals surface area (Å²) in [5.74, 6) is -1.03. The van der Waals surface area contributed by atoms with E-state index < -0.39 is 36.5 Å². The van der Waals surface area contributed by atoms with Crippen LogP contribution in [-0.2, 0) is 28.5 Å². The van der Waals surface area contributed by atoms with Gasteiger partial charge in [-0.25, -0.2) is 0 Å². The summed E-state index contributed by atoms with van der Waals surface area (Å²) in [7, 11) is 1.44. The number of methoxy groups -OCH3 is 1. The molecule has 0 aromatic rings. The van der Waals surface area contributed by atoms with Crippen LogP contribution in [0.4, 0.5) is 0 Å². The number of carbonyl (C=O) groups is 2. The van der Waals surface area contributed by atoms with Crippen LogP contribution >= 0.6 is 0 Å². The topological polar surface area (TPSA) is 120 Å². The average molecular weight is 287 g/mol. The fourth-order valence-electron chi connectivity index (χ4n) is 1.92. The summed E-state index contributed by atoms with van der Waals surface area (Å²) in [4.78, 5) is 24.7. The first-order chi connectivity index (χ1) is 9.47. The highest BCUT2D eigenvalue weighted by molar-refractivity contribution is 5.66. The van der Waals surface area contributed by atoms with Crippen LogP contribution in [-0.4, -0.2) is 50.2 Å².